The van der Waals surface area contributed by atoms with Crippen LogP contribution >= 0.6 is 0 Å². The first kappa shape index (κ1) is 13.1. The lowest BCUT2D eigenvalue weighted by Crippen LogP contribution is -2.17. The first-order valence-corrected chi connectivity index (χ1v) is 7.19. The van der Waals surface area contributed by atoms with Crippen LogP contribution in [0.5, 0.6) is 0 Å². The molecule has 0 aliphatic heterocycles. The molecule has 96 valence electrons. The molecule has 0 N–H and O–H groups in total. The van der Waals surface area contributed by atoms with E-state index in [0.717, 1.165) is 18.3 Å². The van der Waals surface area contributed by atoms with E-state index in [1.807, 2.05) is 6.08 Å². The summed E-state index contributed by atoms with van der Waals surface area (Å²) in [6, 6.07) is 0. The van der Waals surface area contributed by atoms with Gasteiger partial charge in [-0.25, -0.2) is 0 Å². The SMILES string of the molecule is C=C/C=C\C1=C(C=C)C2CCCCC2/C1=C/CC. The molecular weight excluding hydrogens is 216 g/mol. The van der Waals surface area contributed by atoms with Gasteiger partial charge in [-0.15, -0.1) is 0 Å². The fraction of sp³-hybridized carbons (Fsp3) is 0.444. The molecule has 2 rings (SSSR count). The highest BCUT2D eigenvalue weighted by atomic mass is 14.4. The molecule has 2 aliphatic carbocycles. The molecule has 2 unspecified atom stereocenters. The normalized spacial score (nSPS) is 29.9. The van der Waals surface area contributed by atoms with Crippen LogP contribution < -0.4 is 0 Å². The monoisotopic (exact) mass is 240 g/mol. The van der Waals surface area contributed by atoms with Crippen molar-refractivity contribution >= 4 is 0 Å². The second kappa shape index (κ2) is 6.04. The maximum absolute atomic E-state index is 4.04. The van der Waals surface area contributed by atoms with Crippen LogP contribution in [0.3, 0.4) is 0 Å². The van der Waals surface area contributed by atoms with Crippen LogP contribution in [0.1, 0.15) is 39.0 Å². The average Bonchev–Trinajstić information content (AvgIpc) is 2.70. The highest BCUT2D eigenvalue weighted by Crippen LogP contribution is 2.49. The van der Waals surface area contributed by atoms with E-state index in [0.29, 0.717) is 0 Å². The Morgan fingerprint density at radius 3 is 2.50 bits per heavy atom. The Balaban J connectivity index is 2.44. The molecule has 0 heterocycles. The lowest BCUT2D eigenvalue weighted by atomic mass is 9.77. The lowest BCUT2D eigenvalue weighted by molar-refractivity contribution is 0.332. The maximum Gasteiger partial charge on any atom is -0.00872 e. The summed E-state index contributed by atoms with van der Waals surface area (Å²) in [7, 11) is 0. The predicted octanol–water partition coefficient (Wildman–Crippen LogP) is 5.37. The quantitative estimate of drug-likeness (QED) is 0.580. The zero-order valence-corrected chi connectivity index (χ0v) is 11.5. The summed E-state index contributed by atoms with van der Waals surface area (Å²) < 4.78 is 0. The molecule has 1 fully saturated rings. The van der Waals surface area contributed by atoms with E-state index in [1.165, 1.54) is 36.8 Å². The molecule has 2 aliphatic rings. The van der Waals surface area contributed by atoms with Crippen molar-refractivity contribution in [2.45, 2.75) is 39.0 Å². The number of hydrogen-bond acceptors (Lipinski definition) is 0. The van der Waals surface area contributed by atoms with Crippen molar-refractivity contribution in [2.75, 3.05) is 0 Å². The van der Waals surface area contributed by atoms with Crippen LogP contribution in [0.2, 0.25) is 0 Å². The Morgan fingerprint density at radius 1 is 1.17 bits per heavy atom. The lowest BCUT2D eigenvalue weighted by Gasteiger charge is -2.27. The second-order valence-electron chi connectivity index (χ2n) is 5.23. The van der Waals surface area contributed by atoms with E-state index in [1.54, 1.807) is 5.57 Å². The summed E-state index contributed by atoms with van der Waals surface area (Å²) in [6.07, 6.45) is 17.2. The molecule has 18 heavy (non-hydrogen) atoms. The number of rotatable bonds is 4. The van der Waals surface area contributed by atoms with Gasteiger partial charge in [0.2, 0.25) is 0 Å². The Labute approximate surface area is 111 Å². The molecule has 0 amide bonds. The van der Waals surface area contributed by atoms with Gasteiger partial charge >= 0.3 is 0 Å². The van der Waals surface area contributed by atoms with Crippen LogP contribution in [-0.2, 0) is 0 Å². The van der Waals surface area contributed by atoms with Crippen molar-refractivity contribution in [3.63, 3.8) is 0 Å². The van der Waals surface area contributed by atoms with Gasteiger partial charge in [0.05, 0.1) is 0 Å². The van der Waals surface area contributed by atoms with Crippen LogP contribution in [0.25, 0.3) is 0 Å². The van der Waals surface area contributed by atoms with E-state index >= 15 is 0 Å². The minimum atomic E-state index is 0.721. The molecule has 0 radical (unpaired) electrons. The molecule has 0 saturated heterocycles. The molecule has 0 bridgehead atoms. The van der Waals surface area contributed by atoms with Gasteiger partial charge in [-0.3, -0.25) is 0 Å². The van der Waals surface area contributed by atoms with Gasteiger partial charge in [-0.2, -0.15) is 0 Å². The average molecular weight is 240 g/mol. The first-order chi connectivity index (χ1) is 8.83. The van der Waals surface area contributed by atoms with Gasteiger partial charge in [0.15, 0.2) is 0 Å². The van der Waals surface area contributed by atoms with Crippen molar-refractivity contribution in [2.24, 2.45) is 11.8 Å². The molecule has 0 aromatic heterocycles. The van der Waals surface area contributed by atoms with Gasteiger partial charge < -0.3 is 0 Å². The number of allylic oxidation sites excluding steroid dienone is 8. The standard InChI is InChI=1S/C18H24/c1-4-7-11-16-14(6-3)17-12-8-9-13-18(17)15(16)10-5-2/h4,6-7,10-11,17-18H,1,3,5,8-9,12-13H2,2H3/b11-7-,15-10+. The van der Waals surface area contributed by atoms with Crippen molar-refractivity contribution in [3.8, 4) is 0 Å². The van der Waals surface area contributed by atoms with E-state index < -0.39 is 0 Å². The Hall–Kier alpha value is -1.30. The summed E-state index contributed by atoms with van der Waals surface area (Å²) in [4.78, 5) is 0. The molecule has 0 nitrogen and oxygen atoms in total. The van der Waals surface area contributed by atoms with Gasteiger partial charge in [-0.1, -0.05) is 63.3 Å². The molecular formula is C18H24. The van der Waals surface area contributed by atoms with E-state index in [4.69, 9.17) is 0 Å². The third-order valence-corrected chi connectivity index (χ3v) is 4.23. The minimum Gasteiger partial charge on any atom is -0.0991 e. The largest absolute Gasteiger partial charge is 0.0991 e. The summed E-state index contributed by atoms with van der Waals surface area (Å²) in [5.41, 5.74) is 4.45. The molecule has 2 atom stereocenters. The van der Waals surface area contributed by atoms with Gasteiger partial charge in [-0.05, 0) is 47.8 Å². The van der Waals surface area contributed by atoms with E-state index in [-0.39, 0.29) is 0 Å². The predicted molar refractivity (Wildman–Crippen MR) is 80.4 cm³/mol. The molecule has 0 aromatic rings. The smallest absolute Gasteiger partial charge is 0.00872 e. The number of hydrogen-bond donors (Lipinski definition) is 0. The van der Waals surface area contributed by atoms with E-state index in [2.05, 4.69) is 44.4 Å². The fourth-order valence-electron chi connectivity index (χ4n) is 3.54. The van der Waals surface area contributed by atoms with Gasteiger partial charge in [0, 0.05) is 0 Å². The Bertz CT molecular complexity index is 417. The first-order valence-electron chi connectivity index (χ1n) is 7.19. The summed E-state index contributed by atoms with van der Waals surface area (Å²) in [5.74, 6) is 1.47. The highest BCUT2D eigenvalue weighted by molar-refractivity contribution is 5.55. The van der Waals surface area contributed by atoms with Crippen LogP contribution in [0.15, 0.2) is 60.3 Å². The zero-order chi connectivity index (χ0) is 13.0. The fourth-order valence-corrected chi connectivity index (χ4v) is 3.54. The zero-order valence-electron chi connectivity index (χ0n) is 11.5. The van der Waals surface area contributed by atoms with Crippen molar-refractivity contribution in [1.29, 1.82) is 0 Å². The van der Waals surface area contributed by atoms with Crippen LogP contribution in [-0.4, -0.2) is 0 Å². The third-order valence-electron chi connectivity index (χ3n) is 4.23. The van der Waals surface area contributed by atoms with E-state index in [9.17, 15) is 0 Å². The molecule has 0 spiro atoms. The van der Waals surface area contributed by atoms with Gasteiger partial charge in [0.1, 0.15) is 0 Å². The summed E-state index contributed by atoms with van der Waals surface area (Å²) >= 11 is 0. The molecule has 1 saturated carbocycles. The minimum absolute atomic E-state index is 0.721. The van der Waals surface area contributed by atoms with Gasteiger partial charge in [0.25, 0.3) is 0 Å². The Kier molecular flexibility index (Phi) is 4.41. The Morgan fingerprint density at radius 2 is 1.89 bits per heavy atom. The maximum atomic E-state index is 4.04. The van der Waals surface area contributed by atoms with Crippen molar-refractivity contribution in [3.05, 3.63) is 60.3 Å². The third kappa shape index (κ3) is 2.29. The summed E-state index contributed by atoms with van der Waals surface area (Å²) in [5, 5.41) is 0. The highest BCUT2D eigenvalue weighted by Gasteiger charge is 2.37. The summed E-state index contributed by atoms with van der Waals surface area (Å²) in [6.45, 7) is 10.0. The number of fused-ring (bicyclic) bond motifs is 1. The van der Waals surface area contributed by atoms with Crippen LogP contribution in [0, 0.1) is 11.8 Å². The molecule has 0 heteroatoms. The second-order valence-corrected chi connectivity index (χ2v) is 5.23. The topological polar surface area (TPSA) is 0 Å². The molecule has 0 aromatic carbocycles. The van der Waals surface area contributed by atoms with Crippen molar-refractivity contribution in [1.82, 2.24) is 0 Å². The van der Waals surface area contributed by atoms with Crippen LogP contribution in [0.4, 0.5) is 0 Å². The van der Waals surface area contributed by atoms with Crippen molar-refractivity contribution < 1.29 is 0 Å².